The average Bonchev–Trinajstić information content (AvgIpc) is 3.30. The maximum absolute atomic E-state index is 12.5. The molecule has 196 valence electrons. The third-order valence-corrected chi connectivity index (χ3v) is 9.87. The molecule has 0 radical (unpaired) electrons. The number of amides is 1. The van der Waals surface area contributed by atoms with E-state index in [4.69, 9.17) is 14.9 Å². The van der Waals surface area contributed by atoms with E-state index in [2.05, 4.69) is 5.32 Å². The van der Waals surface area contributed by atoms with E-state index in [1.54, 1.807) is 6.07 Å². The van der Waals surface area contributed by atoms with Crippen LogP contribution in [0.3, 0.4) is 0 Å². The molecule has 0 spiro atoms. The van der Waals surface area contributed by atoms with E-state index in [0.29, 0.717) is 30.1 Å². The molecule has 7 rings (SSSR count). The normalized spacial score (nSPS) is 29.6. The summed E-state index contributed by atoms with van der Waals surface area (Å²) in [4.78, 5) is 26.0. The van der Waals surface area contributed by atoms with Crippen molar-refractivity contribution in [2.24, 2.45) is 23.2 Å². The Hall–Kier alpha value is -2.71. The van der Waals surface area contributed by atoms with Gasteiger partial charge in [-0.05, 0) is 110 Å². The van der Waals surface area contributed by atoms with Crippen LogP contribution in [0.15, 0.2) is 30.3 Å². The predicted octanol–water partition coefficient (Wildman–Crippen LogP) is 5.15. The lowest BCUT2D eigenvalue weighted by molar-refractivity contribution is -0.152. The van der Waals surface area contributed by atoms with Crippen molar-refractivity contribution in [1.29, 1.82) is 5.41 Å². The molecule has 2 heterocycles. The number of hydrogen-bond acceptors (Lipinski definition) is 7. The number of nitrogens with one attached hydrogen (secondary N) is 2. The highest BCUT2D eigenvalue weighted by atomic mass is 32.1. The molecule has 4 saturated carbocycles. The predicted molar refractivity (Wildman–Crippen MR) is 141 cm³/mol. The lowest BCUT2D eigenvalue weighted by Gasteiger charge is -2.56. The van der Waals surface area contributed by atoms with Crippen molar-refractivity contribution in [2.75, 3.05) is 13.2 Å². The van der Waals surface area contributed by atoms with E-state index in [-0.39, 0.29) is 23.0 Å². The number of carbonyl (C=O) groups is 2. The van der Waals surface area contributed by atoms with Crippen LogP contribution < -0.4 is 10.1 Å². The average molecular weight is 523 g/mol. The number of unbranched alkanes of at least 4 members (excludes halogenated alkanes) is 1. The largest absolute Gasteiger partial charge is 0.494 e. The van der Waals surface area contributed by atoms with Crippen LogP contribution in [-0.2, 0) is 9.53 Å². The van der Waals surface area contributed by atoms with Gasteiger partial charge in [0.15, 0.2) is 6.23 Å². The van der Waals surface area contributed by atoms with Crippen LogP contribution in [0.2, 0.25) is 0 Å². The molecule has 8 heteroatoms. The van der Waals surface area contributed by atoms with Crippen LogP contribution in [-0.4, -0.2) is 42.1 Å². The molecule has 4 aliphatic carbocycles. The second-order valence-electron chi connectivity index (χ2n) is 11.5. The topological polar surface area (TPSA) is 109 Å². The molecule has 0 saturated heterocycles. The maximum atomic E-state index is 12.5. The van der Waals surface area contributed by atoms with Crippen molar-refractivity contribution >= 4 is 28.9 Å². The summed E-state index contributed by atoms with van der Waals surface area (Å²) in [6.45, 7) is 1.00. The first kappa shape index (κ1) is 24.6. The summed E-state index contributed by atoms with van der Waals surface area (Å²) in [5.74, 6) is 2.93. The Bertz CT molecular complexity index is 1170. The third-order valence-electron chi connectivity index (χ3n) is 8.66. The van der Waals surface area contributed by atoms with Crippen molar-refractivity contribution in [3.63, 3.8) is 0 Å². The SMILES string of the molecule is N=C1c2sc(-c3ccc(OCCCCOC(=O)CC45CC6CC(CC(C6)C4)C5)cc3)cc2C(=O)NC1O. The number of aliphatic hydroxyl groups is 1. The molecule has 5 aliphatic rings. The summed E-state index contributed by atoms with van der Waals surface area (Å²) in [5, 5.41) is 20.2. The molecule has 4 fully saturated rings. The number of esters is 1. The van der Waals surface area contributed by atoms with Crippen LogP contribution in [0.1, 0.15) is 73.0 Å². The van der Waals surface area contributed by atoms with Crippen LogP contribution >= 0.6 is 11.3 Å². The number of rotatable bonds is 9. The number of aliphatic hydroxyl groups excluding tert-OH is 1. The zero-order valence-electron chi connectivity index (χ0n) is 21.0. The standard InChI is InChI=1S/C29H34N2O5S/c30-25-26-22(27(33)31-28(25)34)12-23(37-26)20-3-5-21(6-4-20)35-7-1-2-8-36-24(32)16-29-13-17-9-18(14-29)11-19(10-17)15-29/h3-6,12,17-19,28,30,34H,1-2,7-11,13-16H2,(H,31,33). The van der Waals surface area contributed by atoms with Crippen molar-refractivity contribution in [3.05, 3.63) is 40.8 Å². The van der Waals surface area contributed by atoms with E-state index in [1.165, 1.54) is 49.9 Å². The quantitative estimate of drug-likeness (QED) is 0.312. The first-order chi connectivity index (χ1) is 17.9. The molecule has 1 aliphatic heterocycles. The fourth-order valence-electron chi connectivity index (χ4n) is 7.46. The van der Waals surface area contributed by atoms with Gasteiger partial charge in [0.2, 0.25) is 0 Å². The zero-order chi connectivity index (χ0) is 25.6. The Morgan fingerprint density at radius 2 is 1.70 bits per heavy atom. The van der Waals surface area contributed by atoms with E-state index in [9.17, 15) is 14.7 Å². The lowest BCUT2D eigenvalue weighted by atomic mass is 9.49. The van der Waals surface area contributed by atoms with Gasteiger partial charge in [-0.15, -0.1) is 11.3 Å². The van der Waals surface area contributed by atoms with Crippen molar-refractivity contribution < 1.29 is 24.2 Å². The van der Waals surface area contributed by atoms with Gasteiger partial charge in [0.25, 0.3) is 5.91 Å². The first-order valence-electron chi connectivity index (χ1n) is 13.5. The molecule has 1 unspecified atom stereocenters. The van der Waals surface area contributed by atoms with Crippen LogP contribution in [0.25, 0.3) is 10.4 Å². The van der Waals surface area contributed by atoms with Gasteiger partial charge in [0, 0.05) is 4.88 Å². The Morgan fingerprint density at radius 3 is 2.38 bits per heavy atom. The first-order valence-corrected chi connectivity index (χ1v) is 14.3. The highest BCUT2D eigenvalue weighted by molar-refractivity contribution is 7.18. The molecule has 1 amide bonds. The summed E-state index contributed by atoms with van der Waals surface area (Å²) >= 11 is 1.33. The monoisotopic (exact) mass is 522 g/mol. The number of benzene rings is 1. The summed E-state index contributed by atoms with van der Waals surface area (Å²) in [5.41, 5.74) is 1.60. The van der Waals surface area contributed by atoms with Crippen LogP contribution in [0.4, 0.5) is 0 Å². The summed E-state index contributed by atoms with van der Waals surface area (Å²) < 4.78 is 11.5. The number of ether oxygens (including phenoxy) is 2. The minimum Gasteiger partial charge on any atom is -0.494 e. The Kier molecular flexibility index (Phi) is 6.57. The van der Waals surface area contributed by atoms with Gasteiger partial charge in [-0.1, -0.05) is 0 Å². The lowest BCUT2D eigenvalue weighted by Crippen LogP contribution is -2.47. The Balaban J connectivity index is 0.923. The van der Waals surface area contributed by atoms with Gasteiger partial charge in [-0.3, -0.25) is 15.0 Å². The molecular formula is C29H34N2O5S. The van der Waals surface area contributed by atoms with E-state index in [1.807, 2.05) is 24.3 Å². The van der Waals surface area contributed by atoms with Gasteiger partial charge < -0.3 is 19.9 Å². The molecule has 7 nitrogen and oxygen atoms in total. The molecule has 1 aromatic carbocycles. The van der Waals surface area contributed by atoms with Gasteiger partial charge >= 0.3 is 5.97 Å². The molecular weight excluding hydrogens is 488 g/mol. The fraction of sp³-hybridized carbons (Fsp3) is 0.552. The summed E-state index contributed by atoms with van der Waals surface area (Å²) in [6.07, 6.45) is 8.82. The van der Waals surface area contributed by atoms with Gasteiger partial charge in [-0.2, -0.15) is 0 Å². The minimum absolute atomic E-state index is 0.0177. The molecule has 37 heavy (non-hydrogen) atoms. The molecule has 4 bridgehead atoms. The summed E-state index contributed by atoms with van der Waals surface area (Å²) in [7, 11) is 0. The van der Waals surface area contributed by atoms with Crippen molar-refractivity contribution in [3.8, 4) is 16.2 Å². The Morgan fingerprint density at radius 1 is 1.05 bits per heavy atom. The smallest absolute Gasteiger partial charge is 0.306 e. The van der Waals surface area contributed by atoms with Crippen LogP contribution in [0.5, 0.6) is 5.75 Å². The highest BCUT2D eigenvalue weighted by Crippen LogP contribution is 2.61. The highest BCUT2D eigenvalue weighted by Gasteiger charge is 2.51. The fourth-order valence-corrected chi connectivity index (χ4v) is 8.59. The number of carbonyl (C=O) groups excluding carboxylic acids is 2. The molecule has 3 N–H and O–H groups in total. The second-order valence-corrected chi connectivity index (χ2v) is 12.6. The second kappa shape index (κ2) is 9.87. The van der Waals surface area contributed by atoms with E-state index in [0.717, 1.165) is 46.8 Å². The molecule has 1 aromatic heterocycles. The number of fused-ring (bicyclic) bond motifs is 1. The van der Waals surface area contributed by atoms with E-state index < -0.39 is 6.23 Å². The maximum Gasteiger partial charge on any atom is 0.306 e. The third kappa shape index (κ3) is 5.06. The van der Waals surface area contributed by atoms with E-state index >= 15 is 0 Å². The zero-order valence-corrected chi connectivity index (χ0v) is 21.8. The number of thiophene rings is 1. The van der Waals surface area contributed by atoms with Crippen molar-refractivity contribution in [1.82, 2.24) is 5.32 Å². The van der Waals surface area contributed by atoms with Gasteiger partial charge in [0.05, 0.1) is 35.8 Å². The van der Waals surface area contributed by atoms with Crippen LogP contribution in [0, 0.1) is 28.6 Å². The van der Waals surface area contributed by atoms with Crippen molar-refractivity contribution in [2.45, 2.75) is 64.0 Å². The number of hydrogen-bond donors (Lipinski definition) is 3. The summed E-state index contributed by atoms with van der Waals surface area (Å²) in [6, 6.07) is 9.39. The van der Waals surface area contributed by atoms with Gasteiger partial charge in [-0.25, -0.2) is 0 Å². The minimum atomic E-state index is -1.26. The van der Waals surface area contributed by atoms with Gasteiger partial charge in [0.1, 0.15) is 5.75 Å². The molecule has 2 aromatic rings. The Labute approximate surface area is 221 Å². The molecule has 1 atom stereocenters.